The second kappa shape index (κ2) is 4.63. The number of aryl methyl sites for hydroxylation is 1. The largest absolute Gasteiger partial charge is 0.444 e. The Kier molecular flexibility index (Phi) is 3.21. The summed E-state index contributed by atoms with van der Waals surface area (Å²) in [4.78, 5) is 15.3. The van der Waals surface area contributed by atoms with E-state index >= 15 is 0 Å². The van der Waals surface area contributed by atoms with Crippen LogP contribution in [0, 0.1) is 6.92 Å². The fourth-order valence-corrected chi connectivity index (χ4v) is 1.41. The molecule has 0 atom stereocenters. The van der Waals surface area contributed by atoms with Crippen molar-refractivity contribution >= 4 is 29.2 Å². The van der Waals surface area contributed by atoms with Crippen LogP contribution < -0.4 is 5.32 Å². The molecule has 0 saturated heterocycles. The zero-order valence-corrected chi connectivity index (χ0v) is 9.75. The van der Waals surface area contributed by atoms with Crippen LogP contribution in [0.25, 0.3) is 0 Å². The van der Waals surface area contributed by atoms with E-state index in [1.54, 1.807) is 6.20 Å². The molecule has 16 heavy (non-hydrogen) atoms. The monoisotopic (exact) mass is 259 g/mol. The van der Waals surface area contributed by atoms with Gasteiger partial charge in [0.1, 0.15) is 5.76 Å². The number of halogens is 2. The van der Waals surface area contributed by atoms with Gasteiger partial charge in [-0.1, -0.05) is 0 Å². The van der Waals surface area contributed by atoms with E-state index in [2.05, 4.69) is 25.3 Å². The summed E-state index contributed by atoms with van der Waals surface area (Å²) < 4.78 is 5.25. The van der Waals surface area contributed by atoms with Gasteiger partial charge in [0.2, 0.25) is 22.4 Å². The first-order chi connectivity index (χ1) is 7.63. The van der Waals surface area contributed by atoms with E-state index in [1.165, 1.54) is 0 Å². The molecule has 0 amide bonds. The predicted molar refractivity (Wildman–Crippen MR) is 58.4 cm³/mol. The van der Waals surface area contributed by atoms with Crippen molar-refractivity contribution < 1.29 is 4.42 Å². The first-order valence-corrected chi connectivity index (χ1v) is 5.11. The van der Waals surface area contributed by atoms with Crippen molar-refractivity contribution in [1.29, 1.82) is 0 Å². The van der Waals surface area contributed by atoms with Gasteiger partial charge in [0.15, 0.2) is 0 Å². The van der Waals surface area contributed by atoms with Crippen LogP contribution in [-0.2, 0) is 6.54 Å². The summed E-state index contributed by atoms with van der Waals surface area (Å²) in [5, 5.41) is 2.94. The minimum Gasteiger partial charge on any atom is -0.444 e. The summed E-state index contributed by atoms with van der Waals surface area (Å²) in [5.74, 6) is 1.55. The Morgan fingerprint density at radius 1 is 1.25 bits per heavy atom. The lowest BCUT2D eigenvalue weighted by Gasteiger charge is -2.01. The van der Waals surface area contributed by atoms with Crippen molar-refractivity contribution in [2.45, 2.75) is 13.5 Å². The summed E-state index contributed by atoms with van der Waals surface area (Å²) in [6, 6.07) is 0. The zero-order valence-electron chi connectivity index (χ0n) is 8.24. The first kappa shape index (κ1) is 11.1. The van der Waals surface area contributed by atoms with Crippen LogP contribution >= 0.6 is 23.2 Å². The minimum atomic E-state index is 0.0334. The average Bonchev–Trinajstić information content (AvgIpc) is 2.60. The molecular weight excluding hydrogens is 253 g/mol. The van der Waals surface area contributed by atoms with Crippen molar-refractivity contribution in [3.05, 3.63) is 28.4 Å². The molecular formula is C8H7Cl2N5O. The number of hydrogen-bond donors (Lipinski definition) is 1. The van der Waals surface area contributed by atoms with Crippen LogP contribution in [0.3, 0.4) is 0 Å². The molecule has 0 radical (unpaired) electrons. The third-order valence-corrected chi connectivity index (χ3v) is 1.99. The number of nitrogens with zero attached hydrogens (tertiary/aromatic N) is 4. The average molecular weight is 260 g/mol. The molecule has 0 aliphatic carbocycles. The molecule has 0 aliphatic rings. The number of rotatable bonds is 3. The highest BCUT2D eigenvalue weighted by atomic mass is 35.5. The molecule has 0 aliphatic heterocycles. The highest BCUT2D eigenvalue weighted by Gasteiger charge is 2.05. The Labute approximate surface area is 101 Å². The molecule has 0 spiro atoms. The summed E-state index contributed by atoms with van der Waals surface area (Å²) in [5.41, 5.74) is 0. The van der Waals surface area contributed by atoms with Crippen LogP contribution in [0.1, 0.15) is 11.7 Å². The van der Waals surface area contributed by atoms with Crippen LogP contribution in [0.5, 0.6) is 0 Å². The lowest BCUT2D eigenvalue weighted by Crippen LogP contribution is -2.05. The molecule has 0 fully saturated rings. The van der Waals surface area contributed by atoms with Gasteiger partial charge in [0.05, 0.1) is 12.7 Å². The molecule has 2 rings (SSSR count). The van der Waals surface area contributed by atoms with Crippen molar-refractivity contribution in [3.63, 3.8) is 0 Å². The third-order valence-electron chi connectivity index (χ3n) is 1.65. The first-order valence-electron chi connectivity index (χ1n) is 4.36. The quantitative estimate of drug-likeness (QED) is 0.910. The Hall–Kier alpha value is -1.40. The van der Waals surface area contributed by atoms with Gasteiger partial charge in [-0.15, -0.1) is 0 Å². The lowest BCUT2D eigenvalue weighted by molar-refractivity contribution is 0.478. The predicted octanol–water partition coefficient (Wildman–Crippen LogP) is 2.09. The van der Waals surface area contributed by atoms with Gasteiger partial charge in [0, 0.05) is 0 Å². The topological polar surface area (TPSA) is 76.7 Å². The van der Waals surface area contributed by atoms with Gasteiger partial charge in [-0.25, -0.2) is 4.98 Å². The summed E-state index contributed by atoms with van der Waals surface area (Å²) in [7, 11) is 0. The van der Waals surface area contributed by atoms with Crippen molar-refractivity contribution in [3.8, 4) is 0 Å². The van der Waals surface area contributed by atoms with Gasteiger partial charge in [0.25, 0.3) is 0 Å². The molecule has 0 saturated carbocycles. The number of anilines is 1. The molecule has 84 valence electrons. The molecule has 0 unspecified atom stereocenters. The van der Waals surface area contributed by atoms with Crippen molar-refractivity contribution in [1.82, 2.24) is 19.9 Å². The normalized spacial score (nSPS) is 10.4. The number of oxazole rings is 1. The number of aromatic nitrogens is 4. The van der Waals surface area contributed by atoms with Gasteiger partial charge in [-0.2, -0.15) is 15.0 Å². The van der Waals surface area contributed by atoms with E-state index < -0.39 is 0 Å². The molecule has 1 N–H and O–H groups in total. The van der Waals surface area contributed by atoms with E-state index in [9.17, 15) is 0 Å². The van der Waals surface area contributed by atoms with E-state index in [0.29, 0.717) is 12.4 Å². The molecule has 8 heteroatoms. The standard InChI is InChI=1S/C8H7Cl2N5O/c1-4-2-11-5(16-4)3-12-8-14-6(9)13-7(10)15-8/h2H,3H2,1H3,(H,12,13,14,15). The Morgan fingerprint density at radius 2 is 1.94 bits per heavy atom. The van der Waals surface area contributed by atoms with Crippen LogP contribution in [0.4, 0.5) is 5.95 Å². The SMILES string of the molecule is Cc1cnc(CNc2nc(Cl)nc(Cl)n2)o1. The van der Waals surface area contributed by atoms with Crippen LogP contribution in [0.15, 0.2) is 10.6 Å². The maximum Gasteiger partial charge on any atom is 0.228 e. The van der Waals surface area contributed by atoms with Gasteiger partial charge < -0.3 is 9.73 Å². The zero-order chi connectivity index (χ0) is 11.5. The minimum absolute atomic E-state index is 0.0334. The third kappa shape index (κ3) is 2.80. The molecule has 2 aromatic heterocycles. The Balaban J connectivity index is 2.04. The summed E-state index contributed by atoms with van der Waals surface area (Å²) >= 11 is 11.2. The maximum atomic E-state index is 5.61. The second-order valence-corrected chi connectivity index (χ2v) is 3.59. The Morgan fingerprint density at radius 3 is 2.50 bits per heavy atom. The van der Waals surface area contributed by atoms with Crippen LogP contribution in [-0.4, -0.2) is 19.9 Å². The van der Waals surface area contributed by atoms with Gasteiger partial charge in [-0.05, 0) is 30.1 Å². The molecule has 0 aromatic carbocycles. The second-order valence-electron chi connectivity index (χ2n) is 2.92. The van der Waals surface area contributed by atoms with Crippen molar-refractivity contribution in [2.24, 2.45) is 0 Å². The fourth-order valence-electron chi connectivity index (χ4n) is 1.04. The number of nitrogens with one attached hydrogen (secondary N) is 1. The van der Waals surface area contributed by atoms with E-state index in [-0.39, 0.29) is 16.5 Å². The highest BCUT2D eigenvalue weighted by Crippen LogP contribution is 2.10. The summed E-state index contributed by atoms with van der Waals surface area (Å²) in [6.45, 7) is 2.16. The van der Waals surface area contributed by atoms with Gasteiger partial charge in [-0.3, -0.25) is 0 Å². The smallest absolute Gasteiger partial charge is 0.228 e. The molecule has 2 aromatic rings. The van der Waals surface area contributed by atoms with Crippen LogP contribution in [0.2, 0.25) is 10.6 Å². The van der Waals surface area contributed by atoms with Crippen molar-refractivity contribution in [2.75, 3.05) is 5.32 Å². The molecule has 0 bridgehead atoms. The Bertz CT molecular complexity index is 481. The molecule has 6 nitrogen and oxygen atoms in total. The maximum absolute atomic E-state index is 5.61. The van der Waals surface area contributed by atoms with E-state index in [1.807, 2.05) is 6.92 Å². The molecule has 2 heterocycles. The summed E-state index contributed by atoms with van der Waals surface area (Å²) in [6.07, 6.45) is 1.63. The highest BCUT2D eigenvalue weighted by molar-refractivity contribution is 6.31. The van der Waals surface area contributed by atoms with E-state index in [0.717, 1.165) is 5.76 Å². The van der Waals surface area contributed by atoms with E-state index in [4.69, 9.17) is 27.6 Å². The number of hydrogen-bond acceptors (Lipinski definition) is 6. The lowest BCUT2D eigenvalue weighted by atomic mass is 10.6. The fraction of sp³-hybridized carbons (Fsp3) is 0.250. The van der Waals surface area contributed by atoms with Gasteiger partial charge >= 0.3 is 0 Å².